The molecule has 0 heterocycles. The fourth-order valence-corrected chi connectivity index (χ4v) is 4.08. The minimum absolute atomic E-state index is 0.585. The van der Waals surface area contributed by atoms with Crippen LogP contribution in [0.2, 0.25) is 0 Å². The molecule has 0 aliphatic carbocycles. The van der Waals surface area contributed by atoms with Gasteiger partial charge in [-0.25, -0.2) is 0 Å². The zero-order chi connectivity index (χ0) is 19.9. The Morgan fingerprint density at radius 1 is 0.821 bits per heavy atom. The number of hydrogen-bond donors (Lipinski definition) is 1. The third-order valence-electron chi connectivity index (χ3n) is 5.55. The van der Waals surface area contributed by atoms with Crippen LogP contribution in [-0.2, 0) is 0 Å². The van der Waals surface area contributed by atoms with Gasteiger partial charge in [-0.2, -0.15) is 0 Å². The Balaban J connectivity index is 2.06. The van der Waals surface area contributed by atoms with Crippen molar-refractivity contribution in [1.82, 2.24) is 4.90 Å². The van der Waals surface area contributed by atoms with Crippen LogP contribution in [0, 0.1) is 0 Å². The number of ether oxygens (including phenoxy) is 1. The standard InChI is InChI=1S/C25H33NO2/c1-4-6-16-26(17-7-5-2)18-23(27)24-21-14-10-8-12-19(21)20-13-9-11-15-22(20)25(24)28-3/h8-15,23,27H,4-7,16-18H2,1-3H3. The van der Waals surface area contributed by atoms with E-state index in [-0.39, 0.29) is 0 Å². The van der Waals surface area contributed by atoms with Crippen molar-refractivity contribution in [2.45, 2.75) is 45.6 Å². The van der Waals surface area contributed by atoms with E-state index in [1.54, 1.807) is 7.11 Å². The first-order valence-electron chi connectivity index (χ1n) is 10.6. The lowest BCUT2D eigenvalue weighted by molar-refractivity contribution is 0.110. The van der Waals surface area contributed by atoms with Gasteiger partial charge in [0.25, 0.3) is 0 Å². The number of fused-ring (bicyclic) bond motifs is 3. The number of methoxy groups -OCH3 is 1. The molecule has 1 N–H and O–H groups in total. The molecule has 28 heavy (non-hydrogen) atoms. The predicted octanol–water partition coefficient (Wildman–Crippen LogP) is 5.94. The van der Waals surface area contributed by atoms with E-state index in [1.165, 1.54) is 23.6 Å². The second-order valence-electron chi connectivity index (χ2n) is 7.56. The van der Waals surface area contributed by atoms with Crippen molar-refractivity contribution < 1.29 is 9.84 Å². The summed E-state index contributed by atoms with van der Waals surface area (Å²) in [6.45, 7) is 7.13. The minimum Gasteiger partial charge on any atom is -0.496 e. The van der Waals surface area contributed by atoms with Gasteiger partial charge >= 0.3 is 0 Å². The molecule has 150 valence electrons. The fourth-order valence-electron chi connectivity index (χ4n) is 4.08. The summed E-state index contributed by atoms with van der Waals surface area (Å²) < 4.78 is 5.85. The number of aliphatic hydroxyl groups excluding tert-OH is 1. The van der Waals surface area contributed by atoms with Crippen LogP contribution < -0.4 is 4.74 Å². The summed E-state index contributed by atoms with van der Waals surface area (Å²) in [6.07, 6.45) is 4.07. The first-order chi connectivity index (χ1) is 13.7. The average Bonchev–Trinajstić information content (AvgIpc) is 2.74. The molecule has 1 atom stereocenters. The van der Waals surface area contributed by atoms with Crippen LogP contribution in [0.3, 0.4) is 0 Å². The van der Waals surface area contributed by atoms with E-state index < -0.39 is 6.10 Å². The van der Waals surface area contributed by atoms with Crippen LogP contribution in [0.4, 0.5) is 0 Å². The Labute approximate surface area is 168 Å². The zero-order valence-corrected chi connectivity index (χ0v) is 17.4. The SMILES string of the molecule is CCCCN(CCCC)CC(O)c1c(OC)c2ccccc2c2ccccc12. The van der Waals surface area contributed by atoms with Gasteiger partial charge in [-0.1, -0.05) is 75.2 Å². The molecular formula is C25H33NO2. The molecule has 0 aliphatic heterocycles. The van der Waals surface area contributed by atoms with Gasteiger partial charge in [0, 0.05) is 17.5 Å². The second-order valence-corrected chi connectivity index (χ2v) is 7.56. The lowest BCUT2D eigenvalue weighted by Crippen LogP contribution is -2.31. The smallest absolute Gasteiger partial charge is 0.133 e. The Kier molecular flexibility index (Phi) is 7.30. The largest absolute Gasteiger partial charge is 0.496 e. The summed E-state index contributed by atoms with van der Waals surface area (Å²) in [5.41, 5.74) is 0.912. The van der Waals surface area contributed by atoms with Crippen molar-refractivity contribution in [2.75, 3.05) is 26.7 Å². The normalized spacial score (nSPS) is 12.8. The molecule has 3 aromatic rings. The zero-order valence-electron chi connectivity index (χ0n) is 17.4. The summed E-state index contributed by atoms with van der Waals surface area (Å²) >= 11 is 0. The molecule has 0 spiro atoms. The van der Waals surface area contributed by atoms with Crippen molar-refractivity contribution in [2.24, 2.45) is 0 Å². The number of hydrogen-bond acceptors (Lipinski definition) is 3. The molecule has 0 bridgehead atoms. The van der Waals surface area contributed by atoms with E-state index in [4.69, 9.17) is 4.74 Å². The summed E-state index contributed by atoms with van der Waals surface area (Å²) in [6, 6.07) is 16.6. The van der Waals surface area contributed by atoms with Crippen molar-refractivity contribution in [3.63, 3.8) is 0 Å². The molecule has 3 rings (SSSR count). The lowest BCUT2D eigenvalue weighted by atomic mass is 9.93. The highest BCUT2D eigenvalue weighted by molar-refractivity contribution is 6.12. The van der Waals surface area contributed by atoms with Gasteiger partial charge in [0.15, 0.2) is 0 Å². The van der Waals surface area contributed by atoms with Gasteiger partial charge in [-0.3, -0.25) is 0 Å². The molecule has 0 saturated heterocycles. The summed E-state index contributed by atoms with van der Waals surface area (Å²) in [5, 5.41) is 15.8. The highest BCUT2D eigenvalue weighted by Gasteiger charge is 2.22. The molecule has 0 saturated carbocycles. The average molecular weight is 380 g/mol. The first kappa shape index (κ1) is 20.6. The maximum Gasteiger partial charge on any atom is 0.133 e. The maximum absolute atomic E-state index is 11.3. The first-order valence-corrected chi connectivity index (χ1v) is 10.6. The van der Waals surface area contributed by atoms with Gasteiger partial charge in [-0.05, 0) is 42.1 Å². The summed E-state index contributed by atoms with van der Waals surface area (Å²) in [5.74, 6) is 0.799. The van der Waals surface area contributed by atoms with E-state index in [0.717, 1.165) is 48.0 Å². The number of aliphatic hydroxyl groups is 1. The quantitative estimate of drug-likeness (QED) is 0.443. The molecule has 3 heteroatoms. The number of nitrogens with zero attached hydrogens (tertiary/aromatic N) is 1. The fraction of sp³-hybridized carbons (Fsp3) is 0.440. The molecule has 0 fully saturated rings. The monoisotopic (exact) mass is 379 g/mol. The predicted molar refractivity (Wildman–Crippen MR) is 119 cm³/mol. The highest BCUT2D eigenvalue weighted by Crippen LogP contribution is 2.41. The van der Waals surface area contributed by atoms with Gasteiger partial charge < -0.3 is 14.7 Å². The third-order valence-corrected chi connectivity index (χ3v) is 5.55. The van der Waals surface area contributed by atoms with E-state index >= 15 is 0 Å². The second kappa shape index (κ2) is 9.90. The van der Waals surface area contributed by atoms with Crippen molar-refractivity contribution in [3.8, 4) is 5.75 Å². The van der Waals surface area contributed by atoms with Crippen molar-refractivity contribution in [1.29, 1.82) is 0 Å². The topological polar surface area (TPSA) is 32.7 Å². The van der Waals surface area contributed by atoms with Crippen LogP contribution in [0.1, 0.15) is 51.2 Å². The molecule has 0 radical (unpaired) electrons. The van der Waals surface area contributed by atoms with Crippen LogP contribution in [0.5, 0.6) is 5.75 Å². The van der Waals surface area contributed by atoms with Gasteiger partial charge in [0.05, 0.1) is 13.2 Å². The van der Waals surface area contributed by atoms with Crippen LogP contribution in [0.25, 0.3) is 21.5 Å². The number of benzene rings is 3. The third kappa shape index (κ3) is 4.31. The Bertz CT molecular complexity index is 898. The molecule has 1 unspecified atom stereocenters. The van der Waals surface area contributed by atoms with Gasteiger partial charge in [0.1, 0.15) is 5.75 Å². The lowest BCUT2D eigenvalue weighted by Gasteiger charge is -2.27. The molecule has 3 aromatic carbocycles. The number of rotatable bonds is 10. The Morgan fingerprint density at radius 3 is 1.86 bits per heavy atom. The van der Waals surface area contributed by atoms with E-state index in [9.17, 15) is 5.11 Å². The Morgan fingerprint density at radius 2 is 1.32 bits per heavy atom. The van der Waals surface area contributed by atoms with E-state index in [0.29, 0.717) is 6.54 Å². The van der Waals surface area contributed by atoms with Gasteiger partial charge in [0.2, 0.25) is 0 Å². The van der Waals surface area contributed by atoms with Crippen molar-refractivity contribution >= 4 is 21.5 Å². The minimum atomic E-state index is -0.585. The van der Waals surface area contributed by atoms with Crippen LogP contribution in [-0.4, -0.2) is 36.8 Å². The van der Waals surface area contributed by atoms with Crippen LogP contribution in [0.15, 0.2) is 48.5 Å². The van der Waals surface area contributed by atoms with Gasteiger partial charge in [-0.15, -0.1) is 0 Å². The molecular weight excluding hydrogens is 346 g/mol. The summed E-state index contributed by atoms with van der Waals surface area (Å²) in [7, 11) is 1.71. The molecule has 0 amide bonds. The summed E-state index contributed by atoms with van der Waals surface area (Å²) in [4.78, 5) is 2.40. The van der Waals surface area contributed by atoms with E-state index in [2.05, 4.69) is 55.1 Å². The number of unbranched alkanes of at least 4 members (excludes halogenated alkanes) is 2. The molecule has 0 aromatic heterocycles. The van der Waals surface area contributed by atoms with E-state index in [1.807, 2.05) is 12.1 Å². The molecule has 3 nitrogen and oxygen atoms in total. The van der Waals surface area contributed by atoms with Crippen LogP contribution >= 0.6 is 0 Å². The Hall–Kier alpha value is -2.10. The molecule has 0 aliphatic rings. The maximum atomic E-state index is 11.3. The van der Waals surface area contributed by atoms with Crippen molar-refractivity contribution in [3.05, 3.63) is 54.1 Å². The highest BCUT2D eigenvalue weighted by atomic mass is 16.5.